The van der Waals surface area contributed by atoms with E-state index in [1.165, 1.54) is 0 Å². The molecule has 0 saturated carbocycles. The Morgan fingerprint density at radius 2 is 2.15 bits per heavy atom. The van der Waals surface area contributed by atoms with Gasteiger partial charge in [0.05, 0.1) is 18.4 Å². The van der Waals surface area contributed by atoms with Crippen molar-refractivity contribution in [3.63, 3.8) is 0 Å². The molecule has 7 nitrogen and oxygen atoms in total. The van der Waals surface area contributed by atoms with Crippen molar-refractivity contribution in [3.8, 4) is 5.88 Å². The van der Waals surface area contributed by atoms with Crippen LogP contribution in [0.4, 0.5) is 18.0 Å². The summed E-state index contributed by atoms with van der Waals surface area (Å²) in [5.74, 6) is -4.95. The van der Waals surface area contributed by atoms with Gasteiger partial charge < -0.3 is 20.1 Å². The Kier molecular flexibility index (Phi) is 6.86. The van der Waals surface area contributed by atoms with Crippen LogP contribution in [-0.4, -0.2) is 52.9 Å². The molecule has 0 spiro atoms. The van der Waals surface area contributed by atoms with Crippen molar-refractivity contribution >= 4 is 12.0 Å². The number of carboxylic acid groups (broad SMARTS) is 1. The van der Waals surface area contributed by atoms with Crippen molar-refractivity contribution in [1.29, 1.82) is 0 Å². The van der Waals surface area contributed by atoms with Crippen molar-refractivity contribution in [2.24, 2.45) is 11.8 Å². The van der Waals surface area contributed by atoms with E-state index in [0.717, 1.165) is 17.7 Å². The van der Waals surface area contributed by atoms with Crippen LogP contribution in [-0.2, 0) is 11.3 Å². The number of nitrogens with one attached hydrogen (secondary N) is 1. The summed E-state index contributed by atoms with van der Waals surface area (Å²) < 4.78 is 44.6. The summed E-state index contributed by atoms with van der Waals surface area (Å²) in [6, 6.07) is 2.60. The lowest BCUT2D eigenvalue weighted by Crippen LogP contribution is -2.39. The van der Waals surface area contributed by atoms with Crippen molar-refractivity contribution in [3.05, 3.63) is 23.9 Å². The fourth-order valence-electron chi connectivity index (χ4n) is 2.84. The Morgan fingerprint density at radius 1 is 1.41 bits per heavy atom. The van der Waals surface area contributed by atoms with Crippen LogP contribution in [0.5, 0.6) is 5.88 Å². The average Bonchev–Trinajstić information content (AvgIpc) is 3.07. The summed E-state index contributed by atoms with van der Waals surface area (Å²) in [5, 5.41) is 11.5. The topological polar surface area (TPSA) is 91.8 Å². The van der Waals surface area contributed by atoms with Crippen LogP contribution >= 0.6 is 0 Å². The first kappa shape index (κ1) is 20.8. The number of nitrogens with zero attached hydrogens (tertiary/aromatic N) is 2. The number of carboxylic acids is 1. The normalized spacial score (nSPS) is 19.8. The Balaban J connectivity index is 1.97. The molecule has 2 heterocycles. The number of unbranched alkanes of at least 4 members (excludes halogenated alkanes) is 1. The van der Waals surface area contributed by atoms with E-state index in [1.54, 1.807) is 18.3 Å². The number of hydrogen-bond acceptors (Lipinski definition) is 4. The van der Waals surface area contributed by atoms with Crippen LogP contribution in [0.1, 0.15) is 25.3 Å². The third kappa shape index (κ3) is 5.48. The molecule has 2 rings (SSSR count). The number of pyridine rings is 1. The highest BCUT2D eigenvalue weighted by atomic mass is 19.4. The Labute approximate surface area is 154 Å². The highest BCUT2D eigenvalue weighted by Crippen LogP contribution is 2.37. The first-order valence-corrected chi connectivity index (χ1v) is 8.63. The molecular formula is C17H22F3N3O4. The lowest BCUT2D eigenvalue weighted by Gasteiger charge is -2.19. The molecule has 1 fully saturated rings. The number of alkyl halides is 3. The molecule has 0 aliphatic carbocycles. The van der Waals surface area contributed by atoms with Gasteiger partial charge in [-0.15, -0.1) is 0 Å². The van der Waals surface area contributed by atoms with Gasteiger partial charge >= 0.3 is 18.2 Å². The summed E-state index contributed by atoms with van der Waals surface area (Å²) in [7, 11) is 0. The lowest BCUT2D eigenvalue weighted by atomic mass is 9.96. The van der Waals surface area contributed by atoms with Crippen LogP contribution in [0.2, 0.25) is 0 Å². The fourth-order valence-corrected chi connectivity index (χ4v) is 2.84. The minimum absolute atomic E-state index is 0.0130. The molecule has 1 saturated heterocycles. The van der Waals surface area contributed by atoms with E-state index in [2.05, 4.69) is 10.3 Å². The molecule has 2 amide bonds. The number of carbonyl (C=O) groups is 2. The molecule has 1 aliphatic rings. The van der Waals surface area contributed by atoms with Crippen LogP contribution < -0.4 is 10.1 Å². The maximum Gasteiger partial charge on any atom is 0.394 e. The molecule has 2 N–H and O–H groups in total. The van der Waals surface area contributed by atoms with Crippen LogP contribution in [0.3, 0.4) is 0 Å². The molecule has 1 aromatic rings. The van der Waals surface area contributed by atoms with E-state index >= 15 is 0 Å². The minimum Gasteiger partial charge on any atom is -0.481 e. The van der Waals surface area contributed by atoms with Gasteiger partial charge in [0, 0.05) is 31.4 Å². The van der Waals surface area contributed by atoms with Gasteiger partial charge in [-0.05, 0) is 12.5 Å². The first-order chi connectivity index (χ1) is 12.7. The van der Waals surface area contributed by atoms with Gasteiger partial charge in [0.25, 0.3) is 0 Å². The van der Waals surface area contributed by atoms with Gasteiger partial charge in [0.1, 0.15) is 0 Å². The summed E-state index contributed by atoms with van der Waals surface area (Å²) in [4.78, 5) is 28.3. The molecule has 0 aromatic carbocycles. The van der Waals surface area contributed by atoms with E-state index in [0.29, 0.717) is 18.1 Å². The predicted molar refractivity (Wildman–Crippen MR) is 89.1 cm³/mol. The summed E-state index contributed by atoms with van der Waals surface area (Å²) >= 11 is 0. The summed E-state index contributed by atoms with van der Waals surface area (Å²) in [6.45, 7) is 1.32. The predicted octanol–water partition coefficient (Wildman–Crippen LogP) is 2.67. The largest absolute Gasteiger partial charge is 0.481 e. The Morgan fingerprint density at radius 3 is 2.74 bits per heavy atom. The fraction of sp³-hybridized carbons (Fsp3) is 0.588. The second-order valence-corrected chi connectivity index (χ2v) is 6.33. The van der Waals surface area contributed by atoms with Crippen molar-refractivity contribution in [1.82, 2.24) is 15.2 Å². The minimum atomic E-state index is -4.68. The number of ether oxygens (including phenoxy) is 1. The van der Waals surface area contributed by atoms with Gasteiger partial charge in [0.15, 0.2) is 0 Å². The number of halogens is 3. The zero-order valence-electron chi connectivity index (χ0n) is 14.8. The molecule has 1 aliphatic heterocycles. The maximum atomic E-state index is 13.0. The van der Waals surface area contributed by atoms with Crippen LogP contribution in [0.25, 0.3) is 0 Å². The summed E-state index contributed by atoms with van der Waals surface area (Å²) in [5.41, 5.74) is 0.586. The van der Waals surface area contributed by atoms with Gasteiger partial charge in [-0.25, -0.2) is 9.78 Å². The number of hydrogen-bond donors (Lipinski definition) is 2. The van der Waals surface area contributed by atoms with Crippen LogP contribution in [0, 0.1) is 11.8 Å². The van der Waals surface area contributed by atoms with Crippen molar-refractivity contribution in [2.75, 3.05) is 19.7 Å². The quantitative estimate of drug-likeness (QED) is 0.700. The van der Waals surface area contributed by atoms with Gasteiger partial charge in [0.2, 0.25) is 5.88 Å². The molecular weight excluding hydrogens is 367 g/mol. The average molecular weight is 389 g/mol. The highest BCUT2D eigenvalue weighted by Gasteiger charge is 2.53. The third-order valence-corrected chi connectivity index (χ3v) is 4.36. The molecule has 2 atom stereocenters. The smallest absolute Gasteiger partial charge is 0.394 e. The number of aromatic nitrogens is 1. The monoisotopic (exact) mass is 389 g/mol. The molecule has 1 aromatic heterocycles. The van der Waals surface area contributed by atoms with E-state index < -0.39 is 43.1 Å². The standard InChI is InChI=1S/C17H22F3N3O4/c1-2-3-7-27-14-11(5-4-6-21-14)8-22-16(26)23-9-12(15(24)25)13(10-23)17(18,19)20/h4-6,12-13H,2-3,7-10H2,1H3,(H,22,26)(H,24,25)/t12-,13-/m1/s1. The number of aliphatic carboxylic acids is 1. The van der Waals surface area contributed by atoms with Crippen molar-refractivity contribution < 1.29 is 32.6 Å². The van der Waals surface area contributed by atoms with Crippen LogP contribution in [0.15, 0.2) is 18.3 Å². The number of likely N-dealkylation sites (tertiary alicyclic amines) is 1. The number of amides is 2. The lowest BCUT2D eigenvalue weighted by molar-refractivity contribution is -0.187. The van der Waals surface area contributed by atoms with E-state index in [1.807, 2.05) is 6.92 Å². The first-order valence-electron chi connectivity index (χ1n) is 8.63. The molecule has 0 bridgehead atoms. The molecule has 150 valence electrons. The third-order valence-electron chi connectivity index (χ3n) is 4.36. The second-order valence-electron chi connectivity index (χ2n) is 6.33. The van der Waals surface area contributed by atoms with E-state index in [4.69, 9.17) is 9.84 Å². The summed E-state index contributed by atoms with van der Waals surface area (Å²) in [6.07, 6.45) is -1.36. The Bertz CT molecular complexity index is 669. The van der Waals surface area contributed by atoms with Gasteiger partial charge in [-0.2, -0.15) is 13.2 Å². The zero-order chi connectivity index (χ0) is 20.0. The Hall–Kier alpha value is -2.52. The molecule has 0 radical (unpaired) electrons. The molecule has 0 unspecified atom stereocenters. The highest BCUT2D eigenvalue weighted by molar-refractivity contribution is 5.77. The maximum absolute atomic E-state index is 13.0. The number of carbonyl (C=O) groups excluding carboxylic acids is 1. The zero-order valence-corrected chi connectivity index (χ0v) is 14.8. The van der Waals surface area contributed by atoms with E-state index in [-0.39, 0.29) is 6.54 Å². The van der Waals surface area contributed by atoms with Gasteiger partial charge in [-0.1, -0.05) is 19.4 Å². The second kappa shape index (κ2) is 8.92. The number of urea groups is 1. The van der Waals surface area contributed by atoms with Crippen molar-refractivity contribution in [2.45, 2.75) is 32.5 Å². The van der Waals surface area contributed by atoms with Gasteiger partial charge in [-0.3, -0.25) is 4.79 Å². The molecule has 27 heavy (non-hydrogen) atoms. The SMILES string of the molecule is CCCCOc1ncccc1CNC(=O)N1C[C@@H](C(F)(F)F)[C@H](C(=O)O)C1. The number of rotatable bonds is 7. The van der Waals surface area contributed by atoms with E-state index in [9.17, 15) is 22.8 Å². The molecule has 10 heteroatoms.